The van der Waals surface area contributed by atoms with Crippen LogP contribution in [0.3, 0.4) is 0 Å². The van der Waals surface area contributed by atoms with Crippen LogP contribution >= 0.6 is 11.6 Å². The number of carboxylic acid groups (broad SMARTS) is 1. The van der Waals surface area contributed by atoms with Gasteiger partial charge in [-0.15, -0.1) is 0 Å². The molecule has 0 aromatic heterocycles. The number of likely N-dealkylation sites (tertiary alicyclic amines) is 1. The second-order valence-electron chi connectivity index (χ2n) is 6.88. The second-order valence-corrected chi connectivity index (χ2v) is 7.31. The average Bonchev–Trinajstić information content (AvgIpc) is 2.84. The number of halogens is 1. The fourth-order valence-corrected chi connectivity index (χ4v) is 3.01. The third kappa shape index (κ3) is 3.96. The third-order valence-electron chi connectivity index (χ3n) is 3.91. The normalized spacial score (nSPS) is 21.3. The lowest BCUT2D eigenvalue weighted by Gasteiger charge is -2.36. The SMILES string of the molecule is CC(C)(C)OC(=O)N1CCC[C@@]1(Cc1ccc(Cl)cc1)C(=O)O. The summed E-state index contributed by atoms with van der Waals surface area (Å²) in [6, 6.07) is 7.02. The fourth-order valence-electron chi connectivity index (χ4n) is 2.88. The highest BCUT2D eigenvalue weighted by molar-refractivity contribution is 6.30. The number of carbonyl (C=O) groups excluding carboxylic acids is 1. The van der Waals surface area contributed by atoms with Crippen LogP contribution in [0.4, 0.5) is 4.79 Å². The summed E-state index contributed by atoms with van der Waals surface area (Å²) in [5, 5.41) is 10.4. The number of ether oxygens (including phenoxy) is 1. The number of aliphatic carboxylic acids is 1. The fraction of sp³-hybridized carbons (Fsp3) is 0.529. The molecule has 1 atom stereocenters. The van der Waals surface area contributed by atoms with Crippen LogP contribution in [0.2, 0.25) is 5.02 Å². The minimum atomic E-state index is -1.27. The standard InChI is InChI=1S/C17H22ClNO4/c1-16(2,3)23-15(22)19-10-4-9-17(19,14(20)21)11-12-5-7-13(18)8-6-12/h5-8H,4,9-11H2,1-3H3,(H,20,21)/t17-/m1/s1. The van der Waals surface area contributed by atoms with Crippen molar-refractivity contribution in [3.63, 3.8) is 0 Å². The van der Waals surface area contributed by atoms with Crippen LogP contribution in [0.15, 0.2) is 24.3 Å². The van der Waals surface area contributed by atoms with Crippen molar-refractivity contribution >= 4 is 23.7 Å². The molecular formula is C17H22ClNO4. The van der Waals surface area contributed by atoms with E-state index >= 15 is 0 Å². The summed E-state index contributed by atoms with van der Waals surface area (Å²) in [5.74, 6) is -1.00. The first-order valence-electron chi connectivity index (χ1n) is 7.62. The summed E-state index contributed by atoms with van der Waals surface area (Å²) in [5.41, 5.74) is -1.10. The molecule has 1 aliphatic heterocycles. The van der Waals surface area contributed by atoms with E-state index < -0.39 is 23.2 Å². The predicted molar refractivity (Wildman–Crippen MR) is 87.7 cm³/mol. The Balaban J connectivity index is 2.29. The molecule has 1 aromatic rings. The molecule has 1 amide bonds. The van der Waals surface area contributed by atoms with Crippen LogP contribution in [0.25, 0.3) is 0 Å². The van der Waals surface area contributed by atoms with Crippen molar-refractivity contribution in [1.29, 1.82) is 0 Å². The van der Waals surface area contributed by atoms with Crippen molar-refractivity contribution in [2.75, 3.05) is 6.54 Å². The number of hydrogen-bond acceptors (Lipinski definition) is 3. The van der Waals surface area contributed by atoms with E-state index in [4.69, 9.17) is 16.3 Å². The number of carbonyl (C=O) groups is 2. The lowest BCUT2D eigenvalue weighted by Crippen LogP contribution is -2.55. The maximum absolute atomic E-state index is 12.4. The van der Waals surface area contributed by atoms with Crippen molar-refractivity contribution in [3.8, 4) is 0 Å². The van der Waals surface area contributed by atoms with E-state index in [-0.39, 0.29) is 6.42 Å². The van der Waals surface area contributed by atoms with E-state index in [9.17, 15) is 14.7 Å². The highest BCUT2D eigenvalue weighted by Crippen LogP contribution is 2.34. The van der Waals surface area contributed by atoms with Crippen LogP contribution in [-0.2, 0) is 16.0 Å². The minimum absolute atomic E-state index is 0.235. The molecule has 0 bridgehead atoms. The van der Waals surface area contributed by atoms with Crippen molar-refractivity contribution in [1.82, 2.24) is 4.90 Å². The highest BCUT2D eigenvalue weighted by Gasteiger charge is 2.51. The van der Waals surface area contributed by atoms with E-state index in [1.54, 1.807) is 45.0 Å². The van der Waals surface area contributed by atoms with Gasteiger partial charge in [-0.05, 0) is 51.3 Å². The molecule has 0 aliphatic carbocycles. The Morgan fingerprint density at radius 1 is 1.30 bits per heavy atom. The number of benzene rings is 1. The number of rotatable bonds is 3. The molecule has 1 N–H and O–H groups in total. The van der Waals surface area contributed by atoms with Gasteiger partial charge >= 0.3 is 12.1 Å². The second kappa shape index (κ2) is 6.40. The molecule has 1 heterocycles. The third-order valence-corrected chi connectivity index (χ3v) is 4.16. The smallest absolute Gasteiger partial charge is 0.411 e. The first-order chi connectivity index (χ1) is 10.6. The van der Waals surface area contributed by atoms with Crippen LogP contribution < -0.4 is 0 Å². The van der Waals surface area contributed by atoms with Crippen LogP contribution in [0, 0.1) is 0 Å². The van der Waals surface area contributed by atoms with Gasteiger partial charge in [-0.3, -0.25) is 4.90 Å². The quantitative estimate of drug-likeness (QED) is 0.911. The number of hydrogen-bond donors (Lipinski definition) is 1. The molecule has 0 unspecified atom stereocenters. The van der Waals surface area contributed by atoms with Gasteiger partial charge in [0.05, 0.1) is 0 Å². The molecule has 6 heteroatoms. The van der Waals surface area contributed by atoms with Crippen molar-refractivity contribution < 1.29 is 19.4 Å². The largest absolute Gasteiger partial charge is 0.479 e. The molecule has 0 spiro atoms. The van der Waals surface area contributed by atoms with Gasteiger partial charge in [0.15, 0.2) is 0 Å². The highest BCUT2D eigenvalue weighted by atomic mass is 35.5. The van der Waals surface area contributed by atoms with E-state index in [1.165, 1.54) is 4.90 Å². The predicted octanol–water partition coefficient (Wildman–Crippen LogP) is 3.74. The van der Waals surface area contributed by atoms with Gasteiger partial charge in [-0.25, -0.2) is 9.59 Å². The van der Waals surface area contributed by atoms with Crippen molar-refractivity contribution in [2.24, 2.45) is 0 Å². The van der Waals surface area contributed by atoms with Gasteiger partial charge in [0.1, 0.15) is 11.1 Å². The monoisotopic (exact) mass is 339 g/mol. The maximum Gasteiger partial charge on any atom is 0.411 e. The summed E-state index contributed by atoms with van der Waals surface area (Å²) < 4.78 is 5.39. The first-order valence-corrected chi connectivity index (χ1v) is 8.00. The Morgan fingerprint density at radius 2 is 1.91 bits per heavy atom. The summed E-state index contributed by atoms with van der Waals surface area (Å²) >= 11 is 5.88. The van der Waals surface area contributed by atoms with Crippen LogP contribution in [-0.4, -0.2) is 39.8 Å². The molecule has 0 saturated carbocycles. The molecule has 0 radical (unpaired) electrons. The summed E-state index contributed by atoms with van der Waals surface area (Å²) in [6.07, 6.45) is 0.702. The van der Waals surface area contributed by atoms with Crippen molar-refractivity contribution in [2.45, 2.75) is 51.2 Å². The molecule has 5 nitrogen and oxygen atoms in total. The molecule has 23 heavy (non-hydrogen) atoms. The number of carboxylic acids is 1. The van der Waals surface area contributed by atoms with E-state index in [2.05, 4.69) is 0 Å². The summed E-state index contributed by atoms with van der Waals surface area (Å²) in [7, 11) is 0. The Bertz CT molecular complexity index is 594. The van der Waals surface area contributed by atoms with Gasteiger partial charge in [0, 0.05) is 18.0 Å². The Kier molecular flexibility index (Phi) is 4.90. The lowest BCUT2D eigenvalue weighted by atomic mass is 9.88. The zero-order chi connectivity index (χ0) is 17.3. The Hall–Kier alpha value is -1.75. The number of amides is 1. The first kappa shape index (κ1) is 17.6. The molecule has 126 valence electrons. The lowest BCUT2D eigenvalue weighted by molar-refractivity contribution is -0.149. The van der Waals surface area contributed by atoms with E-state index in [0.717, 1.165) is 5.56 Å². The molecule has 1 fully saturated rings. The zero-order valence-corrected chi connectivity index (χ0v) is 14.4. The van der Waals surface area contributed by atoms with E-state index in [1.807, 2.05) is 0 Å². The maximum atomic E-state index is 12.4. The molecule has 2 rings (SSSR count). The topological polar surface area (TPSA) is 66.8 Å². The van der Waals surface area contributed by atoms with Crippen molar-refractivity contribution in [3.05, 3.63) is 34.9 Å². The molecular weight excluding hydrogens is 318 g/mol. The van der Waals surface area contributed by atoms with Crippen LogP contribution in [0.1, 0.15) is 39.2 Å². The molecule has 1 aromatic carbocycles. The van der Waals surface area contributed by atoms with Gasteiger partial charge in [0.2, 0.25) is 0 Å². The van der Waals surface area contributed by atoms with Gasteiger partial charge in [-0.2, -0.15) is 0 Å². The van der Waals surface area contributed by atoms with Crippen LogP contribution in [0.5, 0.6) is 0 Å². The zero-order valence-electron chi connectivity index (χ0n) is 13.6. The molecule has 1 saturated heterocycles. The summed E-state index contributed by atoms with van der Waals surface area (Å²) in [4.78, 5) is 25.8. The summed E-state index contributed by atoms with van der Waals surface area (Å²) in [6.45, 7) is 5.68. The van der Waals surface area contributed by atoms with Gasteiger partial charge in [-0.1, -0.05) is 23.7 Å². The molecule has 1 aliphatic rings. The average molecular weight is 340 g/mol. The Labute approximate surface area is 141 Å². The Morgan fingerprint density at radius 3 is 2.43 bits per heavy atom. The minimum Gasteiger partial charge on any atom is -0.479 e. The number of nitrogens with zero attached hydrogens (tertiary/aromatic N) is 1. The van der Waals surface area contributed by atoms with Gasteiger partial charge < -0.3 is 9.84 Å². The van der Waals surface area contributed by atoms with Gasteiger partial charge in [0.25, 0.3) is 0 Å². The van der Waals surface area contributed by atoms with E-state index in [0.29, 0.717) is 24.4 Å².